The third-order valence-electron chi connectivity index (χ3n) is 4.60. The van der Waals surface area contributed by atoms with E-state index in [-0.39, 0.29) is 0 Å². The molecule has 2 heteroatoms. The standard InChI is InChI=1S/C18H30N2/c1-3-18(19)11-10-16-5-4-12-20(13-16)14-17-8-6-15(2)7-9-17/h6-9,16,18H,3-5,10-14,19H2,1-2H3. The summed E-state index contributed by atoms with van der Waals surface area (Å²) in [7, 11) is 0. The average Bonchev–Trinajstić information content (AvgIpc) is 2.47. The van der Waals surface area contributed by atoms with Crippen molar-refractivity contribution in [2.75, 3.05) is 13.1 Å². The summed E-state index contributed by atoms with van der Waals surface area (Å²) in [5.74, 6) is 0.854. The van der Waals surface area contributed by atoms with Crippen molar-refractivity contribution in [1.82, 2.24) is 4.90 Å². The number of nitrogens with two attached hydrogens (primary N) is 1. The van der Waals surface area contributed by atoms with Crippen LogP contribution in [0.25, 0.3) is 0 Å². The SMILES string of the molecule is CCC(N)CCC1CCCN(Cc2ccc(C)cc2)C1. The minimum Gasteiger partial charge on any atom is -0.328 e. The fraction of sp³-hybridized carbons (Fsp3) is 0.667. The van der Waals surface area contributed by atoms with E-state index in [9.17, 15) is 0 Å². The molecule has 1 aliphatic rings. The van der Waals surface area contributed by atoms with Gasteiger partial charge in [-0.15, -0.1) is 0 Å². The topological polar surface area (TPSA) is 29.3 Å². The lowest BCUT2D eigenvalue weighted by molar-refractivity contribution is 0.158. The zero-order chi connectivity index (χ0) is 14.4. The highest BCUT2D eigenvalue weighted by Gasteiger charge is 2.20. The summed E-state index contributed by atoms with van der Waals surface area (Å²) in [4.78, 5) is 2.62. The largest absolute Gasteiger partial charge is 0.328 e. The molecule has 1 fully saturated rings. The van der Waals surface area contributed by atoms with Gasteiger partial charge in [0.25, 0.3) is 0 Å². The van der Waals surface area contributed by atoms with Crippen LogP contribution in [-0.4, -0.2) is 24.0 Å². The summed E-state index contributed by atoms with van der Waals surface area (Å²) in [5.41, 5.74) is 8.84. The van der Waals surface area contributed by atoms with Crippen molar-refractivity contribution in [2.45, 2.75) is 58.5 Å². The predicted octanol–water partition coefficient (Wildman–Crippen LogP) is 3.72. The van der Waals surface area contributed by atoms with Gasteiger partial charge in [0, 0.05) is 19.1 Å². The van der Waals surface area contributed by atoms with Crippen LogP contribution in [0.1, 0.15) is 50.2 Å². The Balaban J connectivity index is 1.79. The Morgan fingerprint density at radius 3 is 2.75 bits per heavy atom. The van der Waals surface area contributed by atoms with Crippen LogP contribution in [0.2, 0.25) is 0 Å². The Labute approximate surface area is 124 Å². The quantitative estimate of drug-likeness (QED) is 0.856. The van der Waals surface area contributed by atoms with Gasteiger partial charge >= 0.3 is 0 Å². The van der Waals surface area contributed by atoms with Gasteiger partial charge in [-0.3, -0.25) is 4.90 Å². The molecule has 0 aliphatic carbocycles. The minimum absolute atomic E-state index is 0.405. The molecule has 0 spiro atoms. The van der Waals surface area contributed by atoms with E-state index in [4.69, 9.17) is 5.73 Å². The van der Waals surface area contributed by atoms with Crippen molar-refractivity contribution < 1.29 is 0 Å². The maximum Gasteiger partial charge on any atom is 0.0233 e. The van der Waals surface area contributed by atoms with E-state index in [0.717, 1.165) is 18.9 Å². The molecule has 1 aromatic carbocycles. The maximum atomic E-state index is 6.05. The molecular formula is C18H30N2. The monoisotopic (exact) mass is 274 g/mol. The summed E-state index contributed by atoms with van der Waals surface area (Å²) in [6.07, 6.45) is 6.34. The van der Waals surface area contributed by atoms with Gasteiger partial charge in [0.2, 0.25) is 0 Å². The second-order valence-electron chi connectivity index (χ2n) is 6.47. The van der Waals surface area contributed by atoms with E-state index in [1.807, 2.05) is 0 Å². The molecule has 2 atom stereocenters. The molecular weight excluding hydrogens is 244 g/mol. The number of benzene rings is 1. The molecule has 2 nitrogen and oxygen atoms in total. The van der Waals surface area contributed by atoms with Gasteiger partial charge < -0.3 is 5.73 Å². The molecule has 0 amide bonds. The summed E-state index contributed by atoms with van der Waals surface area (Å²) < 4.78 is 0. The van der Waals surface area contributed by atoms with Crippen LogP contribution in [0.4, 0.5) is 0 Å². The van der Waals surface area contributed by atoms with Crippen molar-refractivity contribution in [3.05, 3.63) is 35.4 Å². The first-order valence-corrected chi connectivity index (χ1v) is 8.21. The van der Waals surface area contributed by atoms with Gasteiger partial charge in [-0.2, -0.15) is 0 Å². The number of likely N-dealkylation sites (tertiary alicyclic amines) is 1. The predicted molar refractivity (Wildman–Crippen MR) is 86.7 cm³/mol. The second-order valence-corrected chi connectivity index (χ2v) is 6.47. The van der Waals surface area contributed by atoms with Crippen molar-refractivity contribution in [1.29, 1.82) is 0 Å². The number of hydrogen-bond donors (Lipinski definition) is 1. The Bertz CT molecular complexity index is 385. The van der Waals surface area contributed by atoms with Gasteiger partial charge in [-0.1, -0.05) is 36.8 Å². The molecule has 0 aromatic heterocycles. The Morgan fingerprint density at radius 2 is 2.05 bits per heavy atom. The Hall–Kier alpha value is -0.860. The zero-order valence-corrected chi connectivity index (χ0v) is 13.1. The smallest absolute Gasteiger partial charge is 0.0233 e. The first-order valence-electron chi connectivity index (χ1n) is 8.21. The van der Waals surface area contributed by atoms with Crippen LogP contribution in [0, 0.1) is 12.8 Å². The zero-order valence-electron chi connectivity index (χ0n) is 13.1. The van der Waals surface area contributed by atoms with Crippen LogP contribution >= 0.6 is 0 Å². The molecule has 2 rings (SSSR count). The van der Waals surface area contributed by atoms with Crippen LogP contribution in [0.3, 0.4) is 0 Å². The van der Waals surface area contributed by atoms with Crippen LogP contribution in [-0.2, 0) is 6.54 Å². The summed E-state index contributed by atoms with van der Waals surface area (Å²) in [6, 6.07) is 9.38. The lowest BCUT2D eigenvalue weighted by Gasteiger charge is -2.33. The lowest BCUT2D eigenvalue weighted by atomic mass is 9.91. The van der Waals surface area contributed by atoms with Gasteiger partial charge in [-0.05, 0) is 57.1 Å². The van der Waals surface area contributed by atoms with E-state index < -0.39 is 0 Å². The molecule has 2 N–H and O–H groups in total. The molecule has 20 heavy (non-hydrogen) atoms. The molecule has 2 unspecified atom stereocenters. The molecule has 1 saturated heterocycles. The third-order valence-corrected chi connectivity index (χ3v) is 4.60. The minimum atomic E-state index is 0.405. The van der Waals surface area contributed by atoms with Crippen LogP contribution in [0.15, 0.2) is 24.3 Å². The highest BCUT2D eigenvalue weighted by molar-refractivity contribution is 5.21. The van der Waals surface area contributed by atoms with E-state index in [0.29, 0.717) is 6.04 Å². The molecule has 0 bridgehead atoms. The fourth-order valence-corrected chi connectivity index (χ4v) is 3.14. The Kier molecular flexibility index (Phi) is 6.06. The summed E-state index contributed by atoms with van der Waals surface area (Å²) >= 11 is 0. The van der Waals surface area contributed by atoms with Crippen molar-refractivity contribution in [2.24, 2.45) is 11.7 Å². The fourth-order valence-electron chi connectivity index (χ4n) is 3.14. The maximum absolute atomic E-state index is 6.05. The third kappa shape index (κ3) is 4.92. The normalized spacial score (nSPS) is 21.9. The van der Waals surface area contributed by atoms with E-state index in [2.05, 4.69) is 43.0 Å². The van der Waals surface area contributed by atoms with Gasteiger partial charge in [0.15, 0.2) is 0 Å². The molecule has 1 heterocycles. The molecule has 0 radical (unpaired) electrons. The molecule has 1 aromatic rings. The van der Waals surface area contributed by atoms with Crippen molar-refractivity contribution in [3.8, 4) is 0 Å². The van der Waals surface area contributed by atoms with Gasteiger partial charge in [0.1, 0.15) is 0 Å². The summed E-state index contributed by atoms with van der Waals surface area (Å²) in [6.45, 7) is 7.96. The first kappa shape index (κ1) is 15.5. The van der Waals surface area contributed by atoms with E-state index >= 15 is 0 Å². The number of rotatable bonds is 6. The number of hydrogen-bond acceptors (Lipinski definition) is 2. The van der Waals surface area contributed by atoms with Crippen LogP contribution < -0.4 is 5.73 Å². The molecule has 0 saturated carbocycles. The van der Waals surface area contributed by atoms with Gasteiger partial charge in [-0.25, -0.2) is 0 Å². The molecule has 112 valence electrons. The number of piperidine rings is 1. The highest BCUT2D eigenvalue weighted by Crippen LogP contribution is 2.23. The van der Waals surface area contributed by atoms with Crippen LogP contribution in [0.5, 0.6) is 0 Å². The first-order chi connectivity index (χ1) is 9.67. The Morgan fingerprint density at radius 1 is 1.30 bits per heavy atom. The number of nitrogens with zero attached hydrogens (tertiary/aromatic N) is 1. The summed E-state index contributed by atoms with van der Waals surface area (Å²) in [5, 5.41) is 0. The second kappa shape index (κ2) is 7.80. The average molecular weight is 274 g/mol. The molecule has 1 aliphatic heterocycles. The van der Waals surface area contributed by atoms with E-state index in [1.54, 1.807) is 0 Å². The van der Waals surface area contributed by atoms with Gasteiger partial charge in [0.05, 0.1) is 0 Å². The number of aryl methyl sites for hydroxylation is 1. The van der Waals surface area contributed by atoms with Crippen molar-refractivity contribution in [3.63, 3.8) is 0 Å². The highest BCUT2D eigenvalue weighted by atomic mass is 15.1. The van der Waals surface area contributed by atoms with E-state index in [1.165, 1.54) is 49.9 Å². The lowest BCUT2D eigenvalue weighted by Crippen LogP contribution is -2.35. The van der Waals surface area contributed by atoms with Crippen molar-refractivity contribution >= 4 is 0 Å².